The molecule has 0 saturated carbocycles. The number of carbonyl (C=O) groups excluding carboxylic acids is 1. The highest BCUT2D eigenvalue weighted by atomic mass is 19.1. The van der Waals surface area contributed by atoms with E-state index < -0.39 is 24.4 Å². The van der Waals surface area contributed by atoms with E-state index in [2.05, 4.69) is 10.6 Å². The van der Waals surface area contributed by atoms with E-state index in [0.29, 0.717) is 11.3 Å². The van der Waals surface area contributed by atoms with E-state index in [1.165, 1.54) is 12.1 Å². The fourth-order valence-corrected chi connectivity index (χ4v) is 1.38. The first-order valence-electron chi connectivity index (χ1n) is 5.59. The number of carboxylic acids is 1. The molecular weight excluding hydrogens is 255 g/mol. The minimum absolute atomic E-state index is 0.0852. The molecule has 1 aromatic rings. The zero-order valence-corrected chi connectivity index (χ0v) is 10.4. The number of rotatable bonds is 6. The third-order valence-corrected chi connectivity index (χ3v) is 2.06. The van der Waals surface area contributed by atoms with E-state index in [-0.39, 0.29) is 13.2 Å². The number of carboxylic acid groups (broad SMARTS) is 1. The van der Waals surface area contributed by atoms with Crippen LogP contribution in [0.3, 0.4) is 0 Å². The predicted octanol–water partition coefficient (Wildman–Crippen LogP) is 1.36. The molecule has 0 saturated heterocycles. The van der Waals surface area contributed by atoms with Crippen molar-refractivity contribution in [1.29, 1.82) is 0 Å². The average Bonchev–Trinajstić information content (AvgIpc) is 2.26. The molecule has 2 amide bonds. The lowest BCUT2D eigenvalue weighted by atomic mass is 10.2. The van der Waals surface area contributed by atoms with Gasteiger partial charge in [0.15, 0.2) is 0 Å². The van der Waals surface area contributed by atoms with Crippen LogP contribution in [-0.4, -0.2) is 36.9 Å². The number of aryl methyl sites for hydroxylation is 1. The van der Waals surface area contributed by atoms with Gasteiger partial charge in [-0.2, -0.15) is 0 Å². The SMILES string of the molecule is Cc1cc(F)cc(NC(=O)NCCOCC(=O)O)c1. The summed E-state index contributed by atoms with van der Waals surface area (Å²) in [6.07, 6.45) is 0. The van der Waals surface area contributed by atoms with Crippen LogP contribution < -0.4 is 10.6 Å². The van der Waals surface area contributed by atoms with Gasteiger partial charge in [-0.1, -0.05) is 0 Å². The van der Waals surface area contributed by atoms with Gasteiger partial charge in [-0.25, -0.2) is 14.0 Å². The molecule has 0 heterocycles. The molecule has 0 aliphatic rings. The van der Waals surface area contributed by atoms with Crippen molar-refractivity contribution in [2.75, 3.05) is 25.1 Å². The predicted molar refractivity (Wildman–Crippen MR) is 66.6 cm³/mol. The molecule has 0 bridgehead atoms. The van der Waals surface area contributed by atoms with Crippen LogP contribution in [0.2, 0.25) is 0 Å². The fraction of sp³-hybridized carbons (Fsp3) is 0.333. The van der Waals surface area contributed by atoms with Crippen LogP contribution in [-0.2, 0) is 9.53 Å². The first-order chi connectivity index (χ1) is 8.97. The molecule has 104 valence electrons. The summed E-state index contributed by atoms with van der Waals surface area (Å²) in [6.45, 7) is 1.55. The third kappa shape index (κ3) is 6.37. The Morgan fingerprint density at radius 3 is 2.74 bits per heavy atom. The van der Waals surface area contributed by atoms with Gasteiger partial charge >= 0.3 is 12.0 Å². The normalized spacial score (nSPS) is 10.0. The average molecular weight is 270 g/mol. The number of anilines is 1. The van der Waals surface area contributed by atoms with Crippen LogP contribution in [0, 0.1) is 12.7 Å². The van der Waals surface area contributed by atoms with Crippen molar-refractivity contribution in [3.8, 4) is 0 Å². The summed E-state index contributed by atoms with van der Waals surface area (Å²) in [4.78, 5) is 21.6. The second kappa shape index (κ2) is 7.32. The van der Waals surface area contributed by atoms with Crippen molar-refractivity contribution in [2.24, 2.45) is 0 Å². The van der Waals surface area contributed by atoms with Gasteiger partial charge in [-0.15, -0.1) is 0 Å². The zero-order chi connectivity index (χ0) is 14.3. The van der Waals surface area contributed by atoms with Gasteiger partial charge in [-0.05, 0) is 30.7 Å². The molecule has 3 N–H and O–H groups in total. The van der Waals surface area contributed by atoms with Crippen molar-refractivity contribution < 1.29 is 23.8 Å². The van der Waals surface area contributed by atoms with Gasteiger partial charge in [0.1, 0.15) is 12.4 Å². The van der Waals surface area contributed by atoms with Gasteiger partial charge in [0.25, 0.3) is 0 Å². The van der Waals surface area contributed by atoms with Gasteiger partial charge in [0.05, 0.1) is 6.61 Å². The molecular formula is C12H15FN2O4. The lowest BCUT2D eigenvalue weighted by Crippen LogP contribution is -2.32. The number of aliphatic carboxylic acids is 1. The highest BCUT2D eigenvalue weighted by Gasteiger charge is 2.03. The molecule has 0 unspecified atom stereocenters. The van der Waals surface area contributed by atoms with E-state index in [1.54, 1.807) is 13.0 Å². The van der Waals surface area contributed by atoms with Crippen LogP contribution >= 0.6 is 0 Å². The number of hydrogen-bond donors (Lipinski definition) is 3. The maximum atomic E-state index is 13.1. The zero-order valence-electron chi connectivity index (χ0n) is 10.4. The Labute approximate surface area is 109 Å². The van der Waals surface area contributed by atoms with E-state index in [1.807, 2.05) is 0 Å². The van der Waals surface area contributed by atoms with Gasteiger partial charge in [-0.3, -0.25) is 0 Å². The maximum absolute atomic E-state index is 13.1. The van der Waals surface area contributed by atoms with Crippen LogP contribution in [0.1, 0.15) is 5.56 Å². The largest absolute Gasteiger partial charge is 0.480 e. The van der Waals surface area contributed by atoms with Crippen LogP contribution in [0.25, 0.3) is 0 Å². The first-order valence-corrected chi connectivity index (χ1v) is 5.59. The number of carbonyl (C=O) groups is 2. The lowest BCUT2D eigenvalue weighted by Gasteiger charge is -2.08. The van der Waals surface area contributed by atoms with Crippen molar-refractivity contribution in [2.45, 2.75) is 6.92 Å². The number of hydrogen-bond acceptors (Lipinski definition) is 3. The summed E-state index contributed by atoms with van der Waals surface area (Å²) in [6, 6.07) is 3.67. The van der Waals surface area contributed by atoms with E-state index >= 15 is 0 Å². The second-order valence-corrected chi connectivity index (χ2v) is 3.84. The maximum Gasteiger partial charge on any atom is 0.329 e. The van der Waals surface area contributed by atoms with Crippen molar-refractivity contribution in [3.05, 3.63) is 29.6 Å². The molecule has 19 heavy (non-hydrogen) atoms. The molecule has 7 heteroatoms. The molecule has 0 aromatic heterocycles. The Kier molecular flexibility index (Phi) is 5.74. The number of nitrogens with one attached hydrogen (secondary N) is 2. The molecule has 0 aliphatic carbocycles. The van der Waals surface area contributed by atoms with Crippen LogP contribution in [0.15, 0.2) is 18.2 Å². The molecule has 0 spiro atoms. The smallest absolute Gasteiger partial charge is 0.329 e. The molecule has 0 aliphatic heterocycles. The van der Waals surface area contributed by atoms with E-state index in [0.717, 1.165) is 0 Å². The summed E-state index contributed by atoms with van der Waals surface area (Å²) in [5.74, 6) is -1.50. The van der Waals surface area contributed by atoms with Crippen molar-refractivity contribution in [3.63, 3.8) is 0 Å². The van der Waals surface area contributed by atoms with Gasteiger partial charge in [0.2, 0.25) is 0 Å². The Morgan fingerprint density at radius 2 is 2.11 bits per heavy atom. The third-order valence-electron chi connectivity index (χ3n) is 2.06. The highest BCUT2D eigenvalue weighted by Crippen LogP contribution is 2.12. The molecule has 6 nitrogen and oxygen atoms in total. The molecule has 0 atom stereocenters. The topological polar surface area (TPSA) is 87.7 Å². The number of benzene rings is 1. The second-order valence-electron chi connectivity index (χ2n) is 3.84. The van der Waals surface area contributed by atoms with Crippen molar-refractivity contribution in [1.82, 2.24) is 5.32 Å². The Morgan fingerprint density at radius 1 is 1.37 bits per heavy atom. The summed E-state index contributed by atoms with van der Waals surface area (Å²) in [7, 11) is 0. The molecule has 0 fully saturated rings. The highest BCUT2D eigenvalue weighted by molar-refractivity contribution is 5.89. The number of amides is 2. The summed E-state index contributed by atoms with van der Waals surface area (Å²) >= 11 is 0. The first kappa shape index (κ1) is 14.9. The summed E-state index contributed by atoms with van der Waals surface area (Å²) in [5, 5.41) is 13.2. The van der Waals surface area contributed by atoms with E-state index in [9.17, 15) is 14.0 Å². The van der Waals surface area contributed by atoms with E-state index in [4.69, 9.17) is 9.84 Å². The fourth-order valence-electron chi connectivity index (χ4n) is 1.38. The number of urea groups is 1. The Hall–Kier alpha value is -2.15. The molecule has 0 radical (unpaired) electrons. The quantitative estimate of drug-likeness (QED) is 0.681. The number of halogens is 1. The van der Waals surface area contributed by atoms with Crippen LogP contribution in [0.4, 0.5) is 14.9 Å². The standard InChI is InChI=1S/C12H15FN2O4/c1-8-4-9(13)6-10(5-8)15-12(18)14-2-3-19-7-11(16)17/h4-6H,2-3,7H2,1H3,(H,16,17)(H2,14,15,18). The minimum Gasteiger partial charge on any atom is -0.480 e. The number of ether oxygens (including phenoxy) is 1. The minimum atomic E-state index is -1.07. The lowest BCUT2D eigenvalue weighted by molar-refractivity contribution is -0.142. The molecule has 1 rings (SSSR count). The Balaban J connectivity index is 2.29. The summed E-state index contributed by atoms with van der Waals surface area (Å²) < 4.78 is 17.8. The Bertz CT molecular complexity index is 445. The van der Waals surface area contributed by atoms with Crippen LogP contribution in [0.5, 0.6) is 0 Å². The van der Waals surface area contributed by atoms with Gasteiger partial charge in [0, 0.05) is 12.2 Å². The van der Waals surface area contributed by atoms with Gasteiger partial charge < -0.3 is 20.5 Å². The molecule has 1 aromatic carbocycles. The van der Waals surface area contributed by atoms with Crippen molar-refractivity contribution >= 4 is 17.7 Å². The monoisotopic (exact) mass is 270 g/mol. The summed E-state index contributed by atoms with van der Waals surface area (Å²) in [5.41, 5.74) is 1.04.